The van der Waals surface area contributed by atoms with Gasteiger partial charge in [-0.1, -0.05) is 44.2 Å². The van der Waals surface area contributed by atoms with E-state index in [9.17, 15) is 4.79 Å². The van der Waals surface area contributed by atoms with Gasteiger partial charge in [0.2, 0.25) is 0 Å². The van der Waals surface area contributed by atoms with Crippen molar-refractivity contribution in [1.82, 2.24) is 5.32 Å². The lowest BCUT2D eigenvalue weighted by Gasteiger charge is -2.16. The highest BCUT2D eigenvalue weighted by Gasteiger charge is 2.13. The van der Waals surface area contributed by atoms with Crippen LogP contribution in [0, 0.1) is 11.8 Å². The number of nitrogens with one attached hydrogen (secondary N) is 1. The van der Waals surface area contributed by atoms with Gasteiger partial charge in [-0.3, -0.25) is 4.79 Å². The summed E-state index contributed by atoms with van der Waals surface area (Å²) in [6, 6.07) is 7.54. The largest absolute Gasteiger partial charge is 0.395 e. The molecule has 3 nitrogen and oxygen atoms in total. The molecule has 20 heavy (non-hydrogen) atoms. The Morgan fingerprint density at radius 2 is 2.10 bits per heavy atom. The maximum atomic E-state index is 12.3. The zero-order chi connectivity index (χ0) is 14.8. The molecule has 1 amide bonds. The van der Waals surface area contributed by atoms with Crippen molar-refractivity contribution in [2.45, 2.75) is 45.6 Å². The number of carbonyl (C=O) groups excluding carboxylic acids is 1. The third kappa shape index (κ3) is 5.07. The highest BCUT2D eigenvalue weighted by Crippen LogP contribution is 2.09. The van der Waals surface area contributed by atoms with Crippen LogP contribution in [-0.2, 0) is 0 Å². The van der Waals surface area contributed by atoms with E-state index < -0.39 is 0 Å². The van der Waals surface area contributed by atoms with E-state index in [1.54, 1.807) is 6.07 Å². The number of carbonyl (C=O) groups is 1. The van der Waals surface area contributed by atoms with Crippen molar-refractivity contribution in [2.75, 3.05) is 6.61 Å². The van der Waals surface area contributed by atoms with E-state index in [0.29, 0.717) is 17.5 Å². The van der Waals surface area contributed by atoms with Crippen molar-refractivity contribution in [2.24, 2.45) is 0 Å². The lowest BCUT2D eigenvalue weighted by atomic mass is 10.0. The average Bonchev–Trinajstić information content (AvgIpc) is 2.47. The summed E-state index contributed by atoms with van der Waals surface area (Å²) in [7, 11) is 0. The van der Waals surface area contributed by atoms with Gasteiger partial charge in [0, 0.05) is 18.0 Å². The Balaban J connectivity index is 2.85. The number of hydrogen-bond acceptors (Lipinski definition) is 2. The fraction of sp³-hybridized carbons (Fsp3) is 0.471. The summed E-state index contributed by atoms with van der Waals surface area (Å²) in [5.41, 5.74) is 1.32. The van der Waals surface area contributed by atoms with Gasteiger partial charge in [0.15, 0.2) is 0 Å². The summed E-state index contributed by atoms with van der Waals surface area (Å²) in [4.78, 5) is 12.3. The minimum Gasteiger partial charge on any atom is -0.395 e. The first-order chi connectivity index (χ1) is 9.72. The van der Waals surface area contributed by atoms with E-state index in [4.69, 9.17) is 5.11 Å². The molecular weight excluding hydrogens is 250 g/mol. The molecule has 1 aromatic rings. The van der Waals surface area contributed by atoms with Crippen molar-refractivity contribution in [3.8, 4) is 11.8 Å². The lowest BCUT2D eigenvalue weighted by Crippen LogP contribution is -2.34. The zero-order valence-corrected chi connectivity index (χ0v) is 12.3. The molecule has 1 aromatic carbocycles. The van der Waals surface area contributed by atoms with Crippen LogP contribution in [0.1, 0.15) is 55.5 Å². The van der Waals surface area contributed by atoms with Gasteiger partial charge in [-0.25, -0.2) is 0 Å². The number of hydrogen-bond donors (Lipinski definition) is 2. The van der Waals surface area contributed by atoms with Crippen LogP contribution in [0.5, 0.6) is 0 Å². The molecular formula is C17H23NO2. The number of rotatable bonds is 6. The summed E-state index contributed by atoms with van der Waals surface area (Å²) >= 11 is 0. The SMILES string of the molecule is CCCC(CC)NC(=O)c1ccccc1C#CCCO. The molecule has 0 aliphatic rings. The van der Waals surface area contributed by atoms with Gasteiger partial charge in [-0.05, 0) is 25.0 Å². The van der Waals surface area contributed by atoms with Gasteiger partial charge < -0.3 is 10.4 Å². The quantitative estimate of drug-likeness (QED) is 0.783. The minimum atomic E-state index is -0.0702. The Labute approximate surface area is 121 Å². The smallest absolute Gasteiger partial charge is 0.252 e. The van der Waals surface area contributed by atoms with Crippen LogP contribution in [-0.4, -0.2) is 23.7 Å². The van der Waals surface area contributed by atoms with Crippen LogP contribution in [0.4, 0.5) is 0 Å². The van der Waals surface area contributed by atoms with Gasteiger partial charge in [0.1, 0.15) is 0 Å². The van der Waals surface area contributed by atoms with Gasteiger partial charge in [-0.2, -0.15) is 0 Å². The van der Waals surface area contributed by atoms with Gasteiger partial charge in [0.25, 0.3) is 5.91 Å². The van der Waals surface area contributed by atoms with Crippen molar-refractivity contribution in [1.29, 1.82) is 0 Å². The second-order valence-corrected chi connectivity index (χ2v) is 4.69. The summed E-state index contributed by atoms with van der Waals surface area (Å²) in [6.45, 7) is 4.23. The van der Waals surface area contributed by atoms with Gasteiger partial charge in [0.05, 0.1) is 12.2 Å². The third-order valence-electron chi connectivity index (χ3n) is 3.10. The van der Waals surface area contributed by atoms with Crippen LogP contribution < -0.4 is 5.32 Å². The van der Waals surface area contributed by atoms with Crippen molar-refractivity contribution in [3.63, 3.8) is 0 Å². The van der Waals surface area contributed by atoms with Crippen LogP contribution >= 0.6 is 0 Å². The fourth-order valence-electron chi connectivity index (χ4n) is 1.99. The first-order valence-electron chi connectivity index (χ1n) is 7.22. The van der Waals surface area contributed by atoms with Crippen LogP contribution in [0.25, 0.3) is 0 Å². The summed E-state index contributed by atoms with van der Waals surface area (Å²) < 4.78 is 0. The molecule has 0 bridgehead atoms. The molecule has 3 heteroatoms. The molecule has 0 aliphatic carbocycles. The van der Waals surface area contributed by atoms with E-state index in [1.807, 2.05) is 18.2 Å². The Morgan fingerprint density at radius 3 is 2.75 bits per heavy atom. The minimum absolute atomic E-state index is 0.0375. The Morgan fingerprint density at radius 1 is 1.35 bits per heavy atom. The first-order valence-corrected chi connectivity index (χ1v) is 7.22. The summed E-state index contributed by atoms with van der Waals surface area (Å²) in [5.74, 6) is 5.74. The predicted molar refractivity (Wildman–Crippen MR) is 81.5 cm³/mol. The van der Waals surface area contributed by atoms with Crippen LogP contribution in [0.15, 0.2) is 24.3 Å². The fourth-order valence-corrected chi connectivity index (χ4v) is 1.99. The van der Waals surface area contributed by atoms with Gasteiger partial charge >= 0.3 is 0 Å². The molecule has 108 valence electrons. The first kappa shape index (κ1) is 16.3. The molecule has 0 spiro atoms. The van der Waals surface area contributed by atoms with Crippen LogP contribution in [0.3, 0.4) is 0 Å². The van der Waals surface area contributed by atoms with E-state index in [1.165, 1.54) is 0 Å². The average molecular weight is 273 g/mol. The van der Waals surface area contributed by atoms with Crippen molar-refractivity contribution in [3.05, 3.63) is 35.4 Å². The number of amides is 1. The molecule has 0 radical (unpaired) electrons. The third-order valence-corrected chi connectivity index (χ3v) is 3.10. The zero-order valence-electron chi connectivity index (χ0n) is 12.3. The van der Waals surface area contributed by atoms with Gasteiger partial charge in [-0.15, -0.1) is 0 Å². The van der Waals surface area contributed by atoms with E-state index >= 15 is 0 Å². The standard InChI is InChI=1S/C17H23NO2/c1-3-9-15(4-2)18-17(20)16-12-6-5-10-14(16)11-7-8-13-19/h5-6,10,12,15,19H,3-4,8-9,13H2,1-2H3,(H,18,20). The number of aliphatic hydroxyl groups excluding tert-OH is 1. The monoisotopic (exact) mass is 273 g/mol. The highest BCUT2D eigenvalue weighted by atomic mass is 16.2. The molecule has 0 saturated carbocycles. The topological polar surface area (TPSA) is 49.3 Å². The number of benzene rings is 1. The number of aliphatic hydroxyl groups is 1. The molecule has 2 N–H and O–H groups in total. The molecule has 0 saturated heterocycles. The van der Waals surface area contributed by atoms with Crippen LogP contribution in [0.2, 0.25) is 0 Å². The van der Waals surface area contributed by atoms with E-state index in [2.05, 4.69) is 31.0 Å². The second kappa shape index (κ2) is 9.17. The molecule has 0 aromatic heterocycles. The molecule has 0 heterocycles. The Bertz CT molecular complexity index is 485. The normalized spacial score (nSPS) is 11.3. The Kier molecular flexibility index (Phi) is 7.46. The van der Waals surface area contributed by atoms with E-state index in [-0.39, 0.29) is 18.6 Å². The molecule has 0 aliphatic heterocycles. The van der Waals surface area contributed by atoms with E-state index in [0.717, 1.165) is 19.3 Å². The maximum absolute atomic E-state index is 12.3. The molecule has 1 unspecified atom stereocenters. The lowest BCUT2D eigenvalue weighted by molar-refractivity contribution is 0.0933. The van der Waals surface area contributed by atoms with Crippen molar-refractivity contribution >= 4 is 5.91 Å². The predicted octanol–water partition coefficient (Wildman–Crippen LogP) is 2.73. The Hall–Kier alpha value is -1.79. The molecule has 1 atom stereocenters. The summed E-state index contributed by atoms with van der Waals surface area (Å²) in [6.07, 6.45) is 3.39. The van der Waals surface area contributed by atoms with Crippen molar-refractivity contribution < 1.29 is 9.90 Å². The molecule has 1 rings (SSSR count). The second-order valence-electron chi connectivity index (χ2n) is 4.69. The summed E-state index contributed by atoms with van der Waals surface area (Å²) in [5, 5.41) is 11.8. The molecule has 0 fully saturated rings. The highest BCUT2D eigenvalue weighted by molar-refractivity contribution is 5.96. The maximum Gasteiger partial charge on any atom is 0.252 e.